The molecule has 1 N–H and O–H groups in total. The average molecular weight is 312 g/mol. The van der Waals surface area contributed by atoms with Crippen LogP contribution in [-0.4, -0.2) is 24.3 Å². The lowest BCUT2D eigenvalue weighted by molar-refractivity contribution is -0.139. The Hall–Kier alpha value is -0.830. The molecule has 0 unspecified atom stereocenters. The van der Waals surface area contributed by atoms with Gasteiger partial charge in [-0.1, -0.05) is 77.2 Å². The Morgan fingerprint density at radius 1 is 0.773 bits per heavy atom. The van der Waals surface area contributed by atoms with Crippen molar-refractivity contribution in [2.75, 3.05) is 13.2 Å². The number of hydrogen-bond donors (Lipinski definition) is 1. The molecule has 0 radical (unpaired) electrons. The average Bonchev–Trinajstić information content (AvgIpc) is 2.50. The second kappa shape index (κ2) is 16.5. The van der Waals surface area contributed by atoms with Crippen molar-refractivity contribution in [3.05, 3.63) is 12.2 Å². The highest BCUT2D eigenvalue weighted by Gasteiger charge is 2.01. The third kappa shape index (κ3) is 15.6. The van der Waals surface area contributed by atoms with Crippen LogP contribution in [0.2, 0.25) is 0 Å². The molecule has 130 valence electrons. The van der Waals surface area contributed by atoms with Gasteiger partial charge in [0.2, 0.25) is 0 Å². The Morgan fingerprint density at radius 3 is 1.50 bits per heavy atom. The van der Waals surface area contributed by atoms with Crippen LogP contribution < -0.4 is 0 Å². The molecule has 0 saturated heterocycles. The number of carbonyl (C=O) groups is 1. The third-order valence-corrected chi connectivity index (χ3v) is 3.88. The maximum absolute atomic E-state index is 11.1. The van der Waals surface area contributed by atoms with Crippen molar-refractivity contribution in [2.24, 2.45) is 0 Å². The minimum Gasteiger partial charge on any atom is -0.462 e. The van der Waals surface area contributed by atoms with E-state index < -0.39 is 0 Å². The molecule has 3 nitrogen and oxygen atoms in total. The van der Waals surface area contributed by atoms with Crippen molar-refractivity contribution < 1.29 is 14.6 Å². The highest BCUT2D eigenvalue weighted by atomic mass is 16.5. The lowest BCUT2D eigenvalue weighted by Crippen LogP contribution is -2.05. The predicted molar refractivity (Wildman–Crippen MR) is 92.9 cm³/mol. The van der Waals surface area contributed by atoms with E-state index in [0.717, 1.165) is 19.3 Å². The zero-order chi connectivity index (χ0) is 16.5. The van der Waals surface area contributed by atoms with Gasteiger partial charge in [-0.3, -0.25) is 0 Å². The van der Waals surface area contributed by atoms with E-state index in [1.165, 1.54) is 64.2 Å². The molecule has 0 aromatic rings. The molecular weight excluding hydrogens is 276 g/mol. The summed E-state index contributed by atoms with van der Waals surface area (Å²) in [6.07, 6.45) is 16.1. The Labute approximate surface area is 137 Å². The lowest BCUT2D eigenvalue weighted by Gasteiger charge is -2.04. The molecule has 22 heavy (non-hydrogen) atoms. The van der Waals surface area contributed by atoms with E-state index >= 15 is 0 Å². The van der Waals surface area contributed by atoms with Crippen LogP contribution in [0.4, 0.5) is 0 Å². The topological polar surface area (TPSA) is 46.5 Å². The molecule has 0 aliphatic carbocycles. The molecular formula is C19H36O3. The van der Waals surface area contributed by atoms with Crippen LogP contribution >= 0.6 is 0 Å². The first-order valence-corrected chi connectivity index (χ1v) is 9.12. The summed E-state index contributed by atoms with van der Waals surface area (Å²) in [4.78, 5) is 11.1. The molecule has 0 saturated carbocycles. The summed E-state index contributed by atoms with van der Waals surface area (Å²) in [7, 11) is 0. The molecule has 0 aliphatic rings. The lowest BCUT2D eigenvalue weighted by atomic mass is 10.0. The van der Waals surface area contributed by atoms with Crippen molar-refractivity contribution in [3.8, 4) is 0 Å². The summed E-state index contributed by atoms with van der Waals surface area (Å²) < 4.78 is 5.06. The minimum absolute atomic E-state index is 0.267. The highest BCUT2D eigenvalue weighted by molar-refractivity contribution is 5.86. The summed E-state index contributed by atoms with van der Waals surface area (Å²) in [5.41, 5.74) is 0.480. The molecule has 0 rings (SSSR count). The fourth-order valence-electron chi connectivity index (χ4n) is 2.45. The highest BCUT2D eigenvalue weighted by Crippen LogP contribution is 2.12. The minimum atomic E-state index is -0.267. The van der Waals surface area contributed by atoms with Crippen LogP contribution in [0, 0.1) is 0 Å². The molecule has 0 atom stereocenters. The first kappa shape index (κ1) is 21.2. The van der Waals surface area contributed by atoms with Gasteiger partial charge in [-0.15, -0.1) is 0 Å². The van der Waals surface area contributed by atoms with Crippen LogP contribution in [0.25, 0.3) is 0 Å². The number of rotatable bonds is 16. The van der Waals surface area contributed by atoms with Crippen molar-refractivity contribution in [1.29, 1.82) is 0 Å². The Kier molecular flexibility index (Phi) is 15.9. The molecule has 0 bridgehead atoms. The number of ether oxygens (including phenoxy) is 1. The molecule has 0 amide bonds. The first-order chi connectivity index (χ1) is 10.7. The number of unbranched alkanes of at least 4 members (excludes halogenated alkanes) is 12. The van der Waals surface area contributed by atoms with Gasteiger partial charge in [-0.2, -0.15) is 0 Å². The largest absolute Gasteiger partial charge is 0.462 e. The van der Waals surface area contributed by atoms with Crippen LogP contribution in [0.3, 0.4) is 0 Å². The summed E-state index contributed by atoms with van der Waals surface area (Å²) >= 11 is 0. The normalized spacial score (nSPS) is 10.6. The van der Waals surface area contributed by atoms with Gasteiger partial charge in [0.05, 0.1) is 6.61 Å². The summed E-state index contributed by atoms with van der Waals surface area (Å²) in [6, 6.07) is 0. The molecule has 0 aliphatic heterocycles. The summed E-state index contributed by atoms with van der Waals surface area (Å²) in [6.45, 7) is 6.11. The van der Waals surface area contributed by atoms with Crippen molar-refractivity contribution >= 4 is 5.97 Å². The molecule has 0 aromatic carbocycles. The fourth-order valence-corrected chi connectivity index (χ4v) is 2.45. The Bertz CT molecular complexity index is 274. The summed E-state index contributed by atoms with van der Waals surface area (Å²) in [5.74, 6) is -0.267. The zero-order valence-electron chi connectivity index (χ0n) is 14.6. The van der Waals surface area contributed by atoms with Gasteiger partial charge in [0.25, 0.3) is 0 Å². The van der Waals surface area contributed by atoms with Crippen LogP contribution in [0.15, 0.2) is 12.2 Å². The van der Waals surface area contributed by atoms with E-state index in [2.05, 4.69) is 6.58 Å². The second-order valence-electron chi connectivity index (χ2n) is 6.24. The van der Waals surface area contributed by atoms with Gasteiger partial charge in [-0.25, -0.2) is 4.79 Å². The molecule has 0 aromatic heterocycles. The van der Waals surface area contributed by atoms with Gasteiger partial charge >= 0.3 is 5.97 Å². The Balaban J connectivity index is 3.05. The summed E-state index contributed by atoms with van der Waals surface area (Å²) in [5, 5.41) is 8.68. The van der Waals surface area contributed by atoms with Crippen LogP contribution in [-0.2, 0) is 9.53 Å². The van der Waals surface area contributed by atoms with Crippen LogP contribution in [0.1, 0.15) is 90.4 Å². The number of esters is 1. The number of aliphatic hydroxyl groups is 1. The van der Waals surface area contributed by atoms with Gasteiger partial charge < -0.3 is 9.84 Å². The van der Waals surface area contributed by atoms with Crippen molar-refractivity contribution in [1.82, 2.24) is 0 Å². The molecule has 0 heterocycles. The van der Waals surface area contributed by atoms with E-state index in [1.807, 2.05) is 0 Å². The van der Waals surface area contributed by atoms with Crippen molar-refractivity contribution in [2.45, 2.75) is 90.4 Å². The van der Waals surface area contributed by atoms with Gasteiger partial charge in [-0.05, 0) is 19.8 Å². The molecule has 0 fully saturated rings. The van der Waals surface area contributed by atoms with Gasteiger partial charge in [0.1, 0.15) is 0 Å². The number of carbonyl (C=O) groups excluding carboxylic acids is 1. The number of aliphatic hydroxyl groups excluding tert-OH is 1. The fraction of sp³-hybridized carbons (Fsp3) is 0.842. The van der Waals surface area contributed by atoms with E-state index in [-0.39, 0.29) is 5.97 Å². The standard InChI is InChI=1S/C19H36O3/c1-18(2)19(21)22-17-15-13-11-9-7-5-3-4-6-8-10-12-14-16-20/h20H,1,3-17H2,2H3. The smallest absolute Gasteiger partial charge is 0.333 e. The van der Waals surface area contributed by atoms with Crippen molar-refractivity contribution in [3.63, 3.8) is 0 Å². The SMILES string of the molecule is C=C(C)C(=O)OCCCCCCCCCCCCCCCO. The van der Waals surface area contributed by atoms with Gasteiger partial charge in [0.15, 0.2) is 0 Å². The zero-order valence-corrected chi connectivity index (χ0v) is 14.6. The number of hydrogen-bond acceptors (Lipinski definition) is 3. The second-order valence-corrected chi connectivity index (χ2v) is 6.24. The van der Waals surface area contributed by atoms with E-state index in [0.29, 0.717) is 18.8 Å². The van der Waals surface area contributed by atoms with Crippen LogP contribution in [0.5, 0.6) is 0 Å². The monoisotopic (exact) mass is 312 g/mol. The third-order valence-electron chi connectivity index (χ3n) is 3.88. The maximum Gasteiger partial charge on any atom is 0.333 e. The molecule has 3 heteroatoms. The Morgan fingerprint density at radius 2 is 1.14 bits per heavy atom. The van der Waals surface area contributed by atoms with Gasteiger partial charge in [0, 0.05) is 12.2 Å². The van der Waals surface area contributed by atoms with E-state index in [9.17, 15) is 4.79 Å². The quantitative estimate of drug-likeness (QED) is 0.243. The van der Waals surface area contributed by atoms with E-state index in [4.69, 9.17) is 9.84 Å². The first-order valence-electron chi connectivity index (χ1n) is 9.12. The predicted octanol–water partition coefficient (Wildman–Crippen LogP) is 5.17. The maximum atomic E-state index is 11.1. The van der Waals surface area contributed by atoms with E-state index in [1.54, 1.807) is 6.92 Å². The molecule has 0 spiro atoms.